The van der Waals surface area contributed by atoms with Crippen LogP contribution in [-0.2, 0) is 13.3 Å². The van der Waals surface area contributed by atoms with E-state index >= 15 is 0 Å². The molecule has 0 saturated heterocycles. The molecule has 6 heteroatoms. The van der Waals surface area contributed by atoms with Gasteiger partial charge < -0.3 is 24.7 Å². The molecule has 15 heavy (non-hydrogen) atoms. The van der Waals surface area contributed by atoms with E-state index in [1.165, 1.54) is 0 Å². The van der Waals surface area contributed by atoms with E-state index in [1.807, 2.05) is 0 Å². The largest absolute Gasteiger partial charge is 0.500 e. The van der Waals surface area contributed by atoms with E-state index in [4.69, 9.17) is 24.7 Å². The predicted molar refractivity (Wildman–Crippen MR) is 62.4 cm³/mol. The van der Waals surface area contributed by atoms with Gasteiger partial charge in [0.05, 0.1) is 0 Å². The molecule has 0 aliphatic heterocycles. The van der Waals surface area contributed by atoms with Gasteiger partial charge in [-0.15, -0.1) is 0 Å². The van der Waals surface area contributed by atoms with Crippen LogP contribution in [0.3, 0.4) is 0 Å². The summed E-state index contributed by atoms with van der Waals surface area (Å²) in [5.41, 5.74) is 11.1. The normalized spacial score (nSPS) is 12.4. The molecule has 0 aromatic heterocycles. The van der Waals surface area contributed by atoms with Crippen molar-refractivity contribution in [3.05, 3.63) is 0 Å². The molecule has 0 saturated carbocycles. The molecule has 0 heterocycles. The second kappa shape index (κ2) is 8.20. The molecule has 92 valence electrons. The van der Waals surface area contributed by atoms with Gasteiger partial charge in [-0.05, 0) is 31.8 Å². The minimum Gasteiger partial charge on any atom is -0.377 e. The minimum atomic E-state index is -2.47. The van der Waals surface area contributed by atoms with Crippen molar-refractivity contribution in [3.63, 3.8) is 0 Å². The van der Waals surface area contributed by atoms with E-state index in [-0.39, 0.29) is 0 Å². The van der Waals surface area contributed by atoms with Crippen LogP contribution in [0.4, 0.5) is 0 Å². The van der Waals surface area contributed by atoms with Gasteiger partial charge in [0.2, 0.25) is 0 Å². The van der Waals surface area contributed by atoms with Crippen molar-refractivity contribution < 1.29 is 13.3 Å². The second-order valence-electron chi connectivity index (χ2n) is 3.52. The van der Waals surface area contributed by atoms with Crippen molar-refractivity contribution in [2.45, 2.75) is 18.9 Å². The lowest BCUT2D eigenvalue weighted by Gasteiger charge is -2.28. The average Bonchev–Trinajstić information content (AvgIpc) is 2.27. The summed E-state index contributed by atoms with van der Waals surface area (Å²) in [6.45, 7) is 1.32. The van der Waals surface area contributed by atoms with E-state index in [9.17, 15) is 0 Å². The maximum atomic E-state index is 5.56. The third kappa shape index (κ3) is 5.05. The third-order valence-electron chi connectivity index (χ3n) is 2.62. The highest BCUT2D eigenvalue weighted by molar-refractivity contribution is 6.60. The van der Waals surface area contributed by atoms with Gasteiger partial charge in [-0.2, -0.15) is 0 Å². The first-order chi connectivity index (χ1) is 7.17. The highest BCUT2D eigenvalue weighted by Crippen LogP contribution is 2.23. The van der Waals surface area contributed by atoms with Crippen molar-refractivity contribution in [3.8, 4) is 0 Å². The van der Waals surface area contributed by atoms with Crippen LogP contribution >= 0.6 is 0 Å². The van der Waals surface area contributed by atoms with Gasteiger partial charge in [-0.3, -0.25) is 0 Å². The molecule has 0 radical (unpaired) electrons. The zero-order chi connectivity index (χ0) is 11.7. The third-order valence-corrected chi connectivity index (χ3v) is 5.56. The van der Waals surface area contributed by atoms with Gasteiger partial charge in [0, 0.05) is 27.4 Å². The molecule has 0 aliphatic rings. The zero-order valence-corrected chi connectivity index (χ0v) is 11.0. The molecule has 0 aromatic carbocycles. The number of hydrogen-bond donors (Lipinski definition) is 2. The van der Waals surface area contributed by atoms with Crippen molar-refractivity contribution in [2.75, 3.05) is 34.4 Å². The molecule has 5 nitrogen and oxygen atoms in total. The SMILES string of the molecule is CO[Si](CC(CCN)CCN)(OC)OC. The number of nitrogens with two attached hydrogens (primary N) is 2. The van der Waals surface area contributed by atoms with Crippen molar-refractivity contribution in [1.82, 2.24) is 0 Å². The standard InChI is InChI=1S/C9H24N2O3Si/c1-12-15(13-2,14-3)8-9(4-6-10)5-7-11/h9H,4-8,10-11H2,1-3H3. The van der Waals surface area contributed by atoms with Gasteiger partial charge in [-0.1, -0.05) is 0 Å². The summed E-state index contributed by atoms with van der Waals surface area (Å²) in [4.78, 5) is 0. The maximum absolute atomic E-state index is 5.56. The summed E-state index contributed by atoms with van der Waals surface area (Å²) < 4.78 is 16.1. The van der Waals surface area contributed by atoms with E-state index in [1.54, 1.807) is 21.3 Å². The molecule has 0 aromatic rings. The van der Waals surface area contributed by atoms with Gasteiger partial charge in [0.15, 0.2) is 0 Å². The Morgan fingerprint density at radius 3 is 1.60 bits per heavy atom. The minimum absolute atomic E-state index is 0.423. The molecule has 4 N–H and O–H groups in total. The molecule has 0 unspecified atom stereocenters. The van der Waals surface area contributed by atoms with Crippen molar-refractivity contribution in [1.29, 1.82) is 0 Å². The quantitative estimate of drug-likeness (QED) is 0.558. The van der Waals surface area contributed by atoms with Crippen LogP contribution in [-0.4, -0.2) is 43.2 Å². The average molecular weight is 236 g/mol. The fourth-order valence-electron chi connectivity index (χ4n) is 1.67. The molecule has 0 amide bonds. The first-order valence-corrected chi connectivity index (χ1v) is 7.16. The van der Waals surface area contributed by atoms with Crippen molar-refractivity contribution >= 4 is 8.80 Å². The Kier molecular flexibility index (Phi) is 8.21. The van der Waals surface area contributed by atoms with Gasteiger partial charge in [-0.25, -0.2) is 0 Å². The van der Waals surface area contributed by atoms with Crippen molar-refractivity contribution in [2.24, 2.45) is 17.4 Å². The lowest BCUT2D eigenvalue weighted by molar-refractivity contribution is 0.117. The monoisotopic (exact) mass is 236 g/mol. The Labute approximate surface area is 93.4 Å². The van der Waals surface area contributed by atoms with Gasteiger partial charge in [0.25, 0.3) is 0 Å². The highest BCUT2D eigenvalue weighted by Gasteiger charge is 2.39. The van der Waals surface area contributed by atoms with Crippen LogP contribution in [0.25, 0.3) is 0 Å². The number of hydrogen-bond acceptors (Lipinski definition) is 5. The van der Waals surface area contributed by atoms with E-state index in [0.717, 1.165) is 18.9 Å². The molecule has 0 bridgehead atoms. The van der Waals surface area contributed by atoms with Gasteiger partial charge >= 0.3 is 8.80 Å². The van der Waals surface area contributed by atoms with Crippen LogP contribution in [0.15, 0.2) is 0 Å². The summed E-state index contributed by atoms with van der Waals surface area (Å²) in [5.74, 6) is 0.423. The zero-order valence-electron chi connectivity index (χ0n) is 9.99. The van der Waals surface area contributed by atoms with Crippen LogP contribution in [0, 0.1) is 5.92 Å². The molecule has 0 aliphatic carbocycles. The Hall–Kier alpha value is 0.0169. The lowest BCUT2D eigenvalue weighted by atomic mass is 10.0. The van der Waals surface area contributed by atoms with Crippen LogP contribution < -0.4 is 11.5 Å². The maximum Gasteiger partial charge on any atom is 0.500 e. The first-order valence-electron chi connectivity index (χ1n) is 5.23. The Morgan fingerprint density at radius 2 is 1.33 bits per heavy atom. The fraction of sp³-hybridized carbons (Fsp3) is 1.00. The summed E-state index contributed by atoms with van der Waals surface area (Å²) in [7, 11) is 2.41. The summed E-state index contributed by atoms with van der Waals surface area (Å²) in [6.07, 6.45) is 1.87. The highest BCUT2D eigenvalue weighted by atomic mass is 28.4. The molecule has 0 fully saturated rings. The topological polar surface area (TPSA) is 79.7 Å². The summed E-state index contributed by atoms with van der Waals surface area (Å²) in [6, 6.07) is 0.783. The molecular weight excluding hydrogens is 212 g/mol. The predicted octanol–water partition coefficient (Wildman–Crippen LogP) is 0.178. The summed E-state index contributed by atoms with van der Waals surface area (Å²) >= 11 is 0. The number of rotatable bonds is 9. The molecule has 0 spiro atoms. The molecular formula is C9H24N2O3Si. The Balaban J connectivity index is 4.30. The van der Waals surface area contributed by atoms with Gasteiger partial charge in [0.1, 0.15) is 0 Å². The van der Waals surface area contributed by atoms with Crippen LogP contribution in [0.2, 0.25) is 6.04 Å². The molecule has 0 atom stereocenters. The first kappa shape index (κ1) is 15.0. The molecule has 0 rings (SSSR count). The van der Waals surface area contributed by atoms with E-state index in [2.05, 4.69) is 0 Å². The van der Waals surface area contributed by atoms with E-state index < -0.39 is 8.80 Å². The van der Waals surface area contributed by atoms with Crippen LogP contribution in [0.5, 0.6) is 0 Å². The summed E-state index contributed by atoms with van der Waals surface area (Å²) in [5, 5.41) is 0. The second-order valence-corrected chi connectivity index (χ2v) is 6.52. The smallest absolute Gasteiger partial charge is 0.377 e. The Morgan fingerprint density at radius 1 is 0.933 bits per heavy atom. The lowest BCUT2D eigenvalue weighted by Crippen LogP contribution is -2.44. The van der Waals surface area contributed by atoms with Crippen LogP contribution in [0.1, 0.15) is 12.8 Å². The Bertz CT molecular complexity index is 142. The fourth-order valence-corrected chi connectivity index (χ4v) is 3.79. The van der Waals surface area contributed by atoms with E-state index in [0.29, 0.717) is 19.0 Å².